The largest absolute Gasteiger partial charge is 0.493 e. The molecule has 3 aromatic carbocycles. The SMILES string of the molecule is COc1ccc2c(Cc3cc([N+](=O)[O-])cc([N+](=O)[O-])c3)c3[n+](cc2c1OC)CCc1cc2c(cc1-3)OCO2. The maximum atomic E-state index is 11.6. The Morgan fingerprint density at radius 2 is 1.63 bits per heavy atom. The number of rotatable bonds is 6. The van der Waals surface area contributed by atoms with Gasteiger partial charge in [0, 0.05) is 35.9 Å². The number of aryl methyl sites for hydroxylation is 2. The average Bonchev–Trinajstić information content (AvgIpc) is 3.38. The summed E-state index contributed by atoms with van der Waals surface area (Å²) in [7, 11) is 3.14. The fraction of sp³-hybridized carbons (Fsp3) is 0.222. The molecule has 38 heavy (non-hydrogen) atoms. The number of benzene rings is 3. The number of non-ortho nitro benzene ring substituents is 2. The molecule has 2 aliphatic rings. The van der Waals surface area contributed by atoms with Gasteiger partial charge in [0.05, 0.1) is 41.1 Å². The predicted octanol–water partition coefficient (Wildman–Crippen LogP) is 4.50. The fourth-order valence-corrected chi connectivity index (χ4v) is 5.36. The zero-order valence-electron chi connectivity index (χ0n) is 20.6. The Hall–Kier alpha value is -4.93. The van der Waals surface area contributed by atoms with Crippen LogP contribution in [0, 0.1) is 20.2 Å². The zero-order valence-corrected chi connectivity index (χ0v) is 20.6. The lowest BCUT2D eigenvalue weighted by atomic mass is 9.88. The number of nitro benzene ring substituents is 2. The smallest absolute Gasteiger partial charge is 0.276 e. The van der Waals surface area contributed by atoms with E-state index in [9.17, 15) is 20.2 Å². The maximum absolute atomic E-state index is 11.6. The van der Waals surface area contributed by atoms with Crippen molar-refractivity contribution in [3.8, 4) is 34.3 Å². The molecule has 1 aromatic heterocycles. The quantitative estimate of drug-likeness (QED) is 0.208. The molecule has 0 atom stereocenters. The summed E-state index contributed by atoms with van der Waals surface area (Å²) in [6, 6.07) is 11.4. The van der Waals surface area contributed by atoms with E-state index in [0.29, 0.717) is 35.1 Å². The van der Waals surface area contributed by atoms with E-state index in [1.54, 1.807) is 20.3 Å². The van der Waals surface area contributed by atoms with Crippen LogP contribution in [0.5, 0.6) is 23.0 Å². The highest BCUT2D eigenvalue weighted by Gasteiger charge is 2.33. The monoisotopic (exact) mass is 516 g/mol. The summed E-state index contributed by atoms with van der Waals surface area (Å²) in [6.45, 7) is 0.817. The van der Waals surface area contributed by atoms with Crippen LogP contribution >= 0.6 is 0 Å². The maximum Gasteiger partial charge on any atom is 0.276 e. The van der Waals surface area contributed by atoms with Gasteiger partial charge in [-0.25, -0.2) is 0 Å². The van der Waals surface area contributed by atoms with Crippen LogP contribution in [-0.4, -0.2) is 30.9 Å². The lowest BCUT2D eigenvalue weighted by molar-refractivity contribution is -0.686. The van der Waals surface area contributed by atoms with Crippen molar-refractivity contribution in [1.82, 2.24) is 0 Å². The summed E-state index contributed by atoms with van der Waals surface area (Å²) in [4.78, 5) is 21.9. The van der Waals surface area contributed by atoms with Gasteiger partial charge < -0.3 is 18.9 Å². The van der Waals surface area contributed by atoms with Gasteiger partial charge in [0.2, 0.25) is 12.5 Å². The van der Waals surface area contributed by atoms with Gasteiger partial charge in [0.15, 0.2) is 35.7 Å². The number of pyridine rings is 1. The number of hydrogen-bond donors (Lipinski definition) is 0. The molecule has 0 saturated heterocycles. The van der Waals surface area contributed by atoms with Crippen LogP contribution in [0.15, 0.2) is 48.7 Å². The Morgan fingerprint density at radius 3 is 2.29 bits per heavy atom. The molecule has 0 spiro atoms. The minimum absolute atomic E-state index is 0.150. The molecule has 11 nitrogen and oxygen atoms in total. The Kier molecular flexibility index (Phi) is 5.48. The fourth-order valence-electron chi connectivity index (χ4n) is 5.36. The van der Waals surface area contributed by atoms with E-state index in [2.05, 4.69) is 4.57 Å². The molecular weight excluding hydrogens is 494 g/mol. The Bertz CT molecular complexity index is 1630. The van der Waals surface area contributed by atoms with Gasteiger partial charge in [-0.05, 0) is 35.4 Å². The van der Waals surface area contributed by atoms with E-state index in [0.717, 1.165) is 45.6 Å². The minimum Gasteiger partial charge on any atom is -0.493 e. The highest BCUT2D eigenvalue weighted by molar-refractivity contribution is 5.95. The minimum atomic E-state index is -0.617. The third-order valence-corrected chi connectivity index (χ3v) is 7.01. The van der Waals surface area contributed by atoms with E-state index >= 15 is 0 Å². The highest BCUT2D eigenvalue weighted by Crippen LogP contribution is 2.44. The summed E-state index contributed by atoms with van der Waals surface area (Å²) in [5, 5.41) is 24.8. The van der Waals surface area contributed by atoms with Crippen molar-refractivity contribution in [3.05, 3.63) is 85.6 Å². The van der Waals surface area contributed by atoms with Crippen LogP contribution < -0.4 is 23.5 Å². The number of methoxy groups -OCH3 is 2. The number of fused-ring (bicyclic) bond motifs is 5. The third kappa shape index (κ3) is 3.71. The van der Waals surface area contributed by atoms with Gasteiger partial charge in [0.25, 0.3) is 11.4 Å². The molecule has 0 saturated carbocycles. The molecule has 192 valence electrons. The summed E-state index contributed by atoms with van der Waals surface area (Å²) in [6.07, 6.45) is 2.97. The molecular formula is C27H22N3O8+. The van der Waals surface area contributed by atoms with Crippen LogP contribution in [0.3, 0.4) is 0 Å². The van der Waals surface area contributed by atoms with Crippen LogP contribution in [0.4, 0.5) is 11.4 Å². The zero-order chi connectivity index (χ0) is 26.6. The number of nitrogens with zero attached hydrogens (tertiary/aromatic N) is 3. The summed E-state index contributed by atoms with van der Waals surface area (Å²) >= 11 is 0. The predicted molar refractivity (Wildman–Crippen MR) is 135 cm³/mol. The Labute approximate surface area is 216 Å². The molecule has 3 heterocycles. The summed E-state index contributed by atoms with van der Waals surface area (Å²) < 4.78 is 24.6. The van der Waals surface area contributed by atoms with E-state index in [4.69, 9.17) is 18.9 Å². The van der Waals surface area contributed by atoms with Gasteiger partial charge in [0.1, 0.15) is 0 Å². The lowest BCUT2D eigenvalue weighted by Gasteiger charge is -2.21. The van der Waals surface area contributed by atoms with Gasteiger partial charge in [-0.2, -0.15) is 4.57 Å². The first-order valence-corrected chi connectivity index (χ1v) is 11.8. The van der Waals surface area contributed by atoms with Crippen molar-refractivity contribution >= 4 is 22.1 Å². The van der Waals surface area contributed by atoms with Gasteiger partial charge in [-0.1, -0.05) is 0 Å². The average molecular weight is 516 g/mol. The molecule has 0 N–H and O–H groups in total. The number of ether oxygens (including phenoxy) is 4. The van der Waals surface area contributed by atoms with Crippen molar-refractivity contribution in [2.45, 2.75) is 19.4 Å². The van der Waals surface area contributed by atoms with E-state index < -0.39 is 9.85 Å². The highest BCUT2D eigenvalue weighted by atomic mass is 16.7. The second kappa shape index (κ2) is 8.87. The van der Waals surface area contributed by atoms with E-state index in [-0.39, 0.29) is 24.6 Å². The first-order valence-electron chi connectivity index (χ1n) is 11.8. The van der Waals surface area contributed by atoms with E-state index in [1.165, 1.54) is 12.1 Å². The molecule has 0 radical (unpaired) electrons. The van der Waals surface area contributed by atoms with Crippen LogP contribution in [0.1, 0.15) is 16.7 Å². The number of hydrogen-bond acceptors (Lipinski definition) is 8. The topological polar surface area (TPSA) is 127 Å². The molecule has 0 fully saturated rings. The molecule has 0 bridgehead atoms. The molecule has 0 amide bonds. The van der Waals surface area contributed by atoms with Crippen LogP contribution in [-0.2, 0) is 19.4 Å². The van der Waals surface area contributed by atoms with Crippen molar-refractivity contribution in [3.63, 3.8) is 0 Å². The standard InChI is InChI=1S/C27H22N3O8/c1-35-23-4-3-19-21(9-15-7-17(29(31)32)11-18(8-15)30(33)34)26-20-12-25-24(37-14-38-25)10-16(20)5-6-28(26)13-22(19)27(23)36-2/h3-4,7-8,10-13H,5-6,9,14H2,1-2H3/q+1. The van der Waals surface area contributed by atoms with Gasteiger partial charge >= 0.3 is 0 Å². The normalized spacial score (nSPS) is 13.1. The molecule has 4 aromatic rings. The van der Waals surface area contributed by atoms with Gasteiger partial charge in [-0.3, -0.25) is 20.2 Å². The Balaban J connectivity index is 1.65. The molecule has 11 heteroatoms. The first kappa shape index (κ1) is 23.5. The molecule has 0 unspecified atom stereocenters. The molecule has 0 aliphatic carbocycles. The first-order chi connectivity index (χ1) is 18.4. The van der Waals surface area contributed by atoms with Crippen molar-refractivity contribution in [2.75, 3.05) is 21.0 Å². The van der Waals surface area contributed by atoms with Crippen LogP contribution in [0.25, 0.3) is 22.0 Å². The summed E-state index contributed by atoms with van der Waals surface area (Å²) in [5.74, 6) is 2.46. The lowest BCUT2D eigenvalue weighted by Crippen LogP contribution is -2.41. The van der Waals surface area contributed by atoms with Crippen molar-refractivity contribution in [1.29, 1.82) is 0 Å². The van der Waals surface area contributed by atoms with Gasteiger partial charge in [-0.15, -0.1) is 0 Å². The van der Waals surface area contributed by atoms with Crippen molar-refractivity contribution < 1.29 is 33.4 Å². The van der Waals surface area contributed by atoms with E-state index in [1.807, 2.05) is 24.4 Å². The van der Waals surface area contributed by atoms with Crippen LogP contribution in [0.2, 0.25) is 0 Å². The summed E-state index contributed by atoms with van der Waals surface area (Å²) in [5.41, 5.74) is 3.56. The van der Waals surface area contributed by atoms with Crippen molar-refractivity contribution in [2.24, 2.45) is 0 Å². The second-order valence-electron chi connectivity index (χ2n) is 9.07. The number of nitro groups is 2. The Morgan fingerprint density at radius 1 is 0.921 bits per heavy atom. The molecule has 6 rings (SSSR count). The number of aromatic nitrogens is 1. The third-order valence-electron chi connectivity index (χ3n) is 7.01. The molecule has 2 aliphatic heterocycles. The second-order valence-corrected chi connectivity index (χ2v) is 9.07.